The number of aliphatic hydroxyl groups excluding tert-OH is 1. The summed E-state index contributed by atoms with van der Waals surface area (Å²) in [6.07, 6.45) is 1.68. The van der Waals surface area contributed by atoms with Crippen LogP contribution in [0.4, 0.5) is 0 Å². The first kappa shape index (κ1) is 12.5. The van der Waals surface area contributed by atoms with Crippen molar-refractivity contribution in [3.63, 3.8) is 0 Å². The van der Waals surface area contributed by atoms with Gasteiger partial charge in [0.05, 0.1) is 12.2 Å². The topological polar surface area (TPSA) is 58.9 Å². The molecule has 0 unspecified atom stereocenters. The molecule has 0 aliphatic heterocycles. The van der Waals surface area contributed by atoms with E-state index in [1.807, 2.05) is 0 Å². The molecule has 0 aliphatic rings. The molecule has 0 saturated carbocycles. The molecule has 0 heterocycles. The van der Waals surface area contributed by atoms with E-state index >= 15 is 0 Å². The van der Waals surface area contributed by atoms with Gasteiger partial charge in [0.2, 0.25) is 0 Å². The first-order chi connectivity index (χ1) is 7.69. The molecular weight excluding hydrogens is 208 g/mol. The third-order valence-corrected chi connectivity index (χ3v) is 2.02. The second-order valence-corrected chi connectivity index (χ2v) is 3.39. The number of hydrogen-bond acceptors (Lipinski definition) is 4. The molecule has 0 amide bonds. The molecule has 1 rings (SSSR count). The van der Waals surface area contributed by atoms with Crippen LogP contribution in [-0.4, -0.2) is 30.7 Å². The molecule has 0 saturated heterocycles. The van der Waals surface area contributed by atoms with Crippen molar-refractivity contribution < 1.29 is 19.7 Å². The lowest BCUT2D eigenvalue weighted by Crippen LogP contribution is -2.00. The Morgan fingerprint density at radius 3 is 2.81 bits per heavy atom. The monoisotopic (exact) mass is 224 g/mol. The minimum Gasteiger partial charge on any atom is -0.507 e. The number of ether oxygens (including phenoxy) is 2. The van der Waals surface area contributed by atoms with E-state index in [4.69, 9.17) is 14.6 Å². The van der Waals surface area contributed by atoms with Gasteiger partial charge in [0.25, 0.3) is 0 Å². The first-order valence-electron chi connectivity index (χ1n) is 4.90. The third-order valence-electron chi connectivity index (χ3n) is 2.02. The summed E-state index contributed by atoms with van der Waals surface area (Å²) in [4.78, 5) is 0. The fraction of sp³-hybridized carbons (Fsp3) is 0.333. The summed E-state index contributed by atoms with van der Waals surface area (Å²) < 4.78 is 10.1. The maximum absolute atomic E-state index is 9.69. The van der Waals surface area contributed by atoms with Gasteiger partial charge in [0.15, 0.2) is 6.79 Å². The molecule has 0 fully saturated rings. The van der Waals surface area contributed by atoms with Gasteiger partial charge in [-0.05, 0) is 30.7 Å². The highest BCUT2D eigenvalue weighted by Gasteiger charge is 2.06. The lowest BCUT2D eigenvalue weighted by Gasteiger charge is -2.10. The number of hydrogen-bond donors (Lipinski definition) is 2. The van der Waals surface area contributed by atoms with Crippen molar-refractivity contribution in [1.29, 1.82) is 0 Å². The Morgan fingerprint density at radius 1 is 1.44 bits per heavy atom. The second kappa shape index (κ2) is 6.15. The van der Waals surface area contributed by atoms with E-state index in [1.165, 1.54) is 7.11 Å². The summed E-state index contributed by atoms with van der Waals surface area (Å²) in [5.74, 6) is 0.635. The highest BCUT2D eigenvalue weighted by molar-refractivity contribution is 5.65. The number of phenolic OH excluding ortho intramolecular Hbond substituents is 1. The van der Waals surface area contributed by atoms with Gasteiger partial charge in [0.1, 0.15) is 11.5 Å². The lowest BCUT2D eigenvalue weighted by atomic mass is 10.1. The summed E-state index contributed by atoms with van der Waals surface area (Å²) >= 11 is 0. The van der Waals surface area contributed by atoms with E-state index in [0.29, 0.717) is 11.3 Å². The predicted molar refractivity (Wildman–Crippen MR) is 61.3 cm³/mol. The fourth-order valence-corrected chi connectivity index (χ4v) is 1.22. The minimum atomic E-state index is -0.0575. The van der Waals surface area contributed by atoms with Crippen LogP contribution in [0.1, 0.15) is 12.5 Å². The number of phenols is 1. The molecule has 0 bridgehead atoms. The van der Waals surface area contributed by atoms with Crippen LogP contribution in [0.5, 0.6) is 11.5 Å². The van der Waals surface area contributed by atoms with Gasteiger partial charge in [-0.2, -0.15) is 0 Å². The summed E-state index contributed by atoms with van der Waals surface area (Å²) in [5, 5.41) is 18.6. The normalized spacial score (nSPS) is 11.6. The summed E-state index contributed by atoms with van der Waals surface area (Å²) in [5.41, 5.74) is 1.29. The highest BCUT2D eigenvalue weighted by Crippen LogP contribution is 2.29. The SMILES string of the molecule is COCOc1cccc(O)c1/C=C(/C)CO. The Kier molecular flexibility index (Phi) is 4.82. The standard InChI is InChI=1S/C12H16O4/c1-9(7-13)6-10-11(14)4-3-5-12(10)16-8-15-2/h3-6,13-14H,7-8H2,1-2H3/b9-6-. The van der Waals surface area contributed by atoms with Crippen molar-refractivity contribution in [3.8, 4) is 11.5 Å². The molecule has 88 valence electrons. The van der Waals surface area contributed by atoms with Crippen molar-refractivity contribution in [1.82, 2.24) is 0 Å². The first-order valence-corrected chi connectivity index (χ1v) is 4.90. The van der Waals surface area contributed by atoms with E-state index in [-0.39, 0.29) is 19.1 Å². The molecule has 16 heavy (non-hydrogen) atoms. The van der Waals surface area contributed by atoms with Crippen molar-refractivity contribution in [2.24, 2.45) is 0 Å². The van der Waals surface area contributed by atoms with Crippen LogP contribution in [0.3, 0.4) is 0 Å². The highest BCUT2D eigenvalue weighted by atomic mass is 16.7. The van der Waals surface area contributed by atoms with E-state index in [0.717, 1.165) is 5.57 Å². The van der Waals surface area contributed by atoms with Gasteiger partial charge in [-0.25, -0.2) is 0 Å². The number of benzene rings is 1. The quantitative estimate of drug-likeness (QED) is 0.748. The predicted octanol–water partition coefficient (Wildman–Crippen LogP) is 1.77. The van der Waals surface area contributed by atoms with Crippen molar-refractivity contribution >= 4 is 6.08 Å². The second-order valence-electron chi connectivity index (χ2n) is 3.39. The Labute approximate surface area is 94.7 Å². The Morgan fingerprint density at radius 2 is 2.19 bits per heavy atom. The van der Waals surface area contributed by atoms with E-state index in [2.05, 4.69) is 0 Å². The maximum Gasteiger partial charge on any atom is 0.188 e. The molecule has 0 aliphatic carbocycles. The van der Waals surface area contributed by atoms with Crippen molar-refractivity contribution in [3.05, 3.63) is 29.3 Å². The third kappa shape index (κ3) is 3.25. The van der Waals surface area contributed by atoms with Crippen molar-refractivity contribution in [2.45, 2.75) is 6.92 Å². The molecule has 4 nitrogen and oxygen atoms in total. The van der Waals surface area contributed by atoms with Crippen LogP contribution in [-0.2, 0) is 4.74 Å². The number of aliphatic hydroxyl groups is 1. The van der Waals surface area contributed by atoms with Gasteiger partial charge in [-0.3, -0.25) is 0 Å². The summed E-state index contributed by atoms with van der Waals surface area (Å²) in [6.45, 7) is 1.83. The van der Waals surface area contributed by atoms with Crippen LogP contribution in [0.2, 0.25) is 0 Å². The van der Waals surface area contributed by atoms with Crippen LogP contribution in [0.25, 0.3) is 6.08 Å². The van der Waals surface area contributed by atoms with Crippen LogP contribution < -0.4 is 4.74 Å². The zero-order valence-corrected chi connectivity index (χ0v) is 9.43. The fourth-order valence-electron chi connectivity index (χ4n) is 1.22. The zero-order valence-electron chi connectivity index (χ0n) is 9.43. The number of methoxy groups -OCH3 is 1. The van der Waals surface area contributed by atoms with Gasteiger partial charge < -0.3 is 19.7 Å². The van der Waals surface area contributed by atoms with Gasteiger partial charge >= 0.3 is 0 Å². The summed E-state index contributed by atoms with van der Waals surface area (Å²) in [7, 11) is 1.53. The largest absolute Gasteiger partial charge is 0.507 e. The minimum absolute atomic E-state index is 0.0575. The van der Waals surface area contributed by atoms with Crippen LogP contribution >= 0.6 is 0 Å². The maximum atomic E-state index is 9.69. The zero-order chi connectivity index (χ0) is 12.0. The molecule has 0 aromatic heterocycles. The average Bonchev–Trinajstić information content (AvgIpc) is 2.29. The van der Waals surface area contributed by atoms with Gasteiger partial charge in [-0.1, -0.05) is 6.07 Å². The number of rotatable bonds is 5. The molecular formula is C12H16O4. The molecule has 2 N–H and O–H groups in total. The molecule has 0 atom stereocenters. The Bertz CT molecular complexity index is 371. The molecule has 0 spiro atoms. The number of aromatic hydroxyl groups is 1. The van der Waals surface area contributed by atoms with E-state index in [1.54, 1.807) is 31.2 Å². The van der Waals surface area contributed by atoms with Crippen LogP contribution in [0.15, 0.2) is 23.8 Å². The Hall–Kier alpha value is -1.52. The molecule has 4 heteroatoms. The van der Waals surface area contributed by atoms with Crippen molar-refractivity contribution in [2.75, 3.05) is 20.5 Å². The molecule has 1 aromatic carbocycles. The Balaban J connectivity index is 3.03. The smallest absolute Gasteiger partial charge is 0.188 e. The van der Waals surface area contributed by atoms with Gasteiger partial charge in [0, 0.05) is 7.11 Å². The van der Waals surface area contributed by atoms with E-state index in [9.17, 15) is 5.11 Å². The molecule has 0 radical (unpaired) electrons. The van der Waals surface area contributed by atoms with Gasteiger partial charge in [-0.15, -0.1) is 0 Å². The average molecular weight is 224 g/mol. The molecule has 1 aromatic rings. The van der Waals surface area contributed by atoms with E-state index < -0.39 is 0 Å². The van der Waals surface area contributed by atoms with Crippen LogP contribution in [0, 0.1) is 0 Å². The summed E-state index contributed by atoms with van der Waals surface area (Å²) in [6, 6.07) is 4.98. The lowest BCUT2D eigenvalue weighted by molar-refractivity contribution is 0.0508.